The number of amides is 1. The van der Waals surface area contributed by atoms with Gasteiger partial charge in [-0.15, -0.1) is 11.3 Å². The second kappa shape index (κ2) is 4.39. The molecule has 98 valence electrons. The fourth-order valence-corrected chi connectivity index (χ4v) is 3.23. The molecule has 4 nitrogen and oxygen atoms in total. The van der Waals surface area contributed by atoms with Crippen LogP contribution in [0.5, 0.6) is 0 Å². The number of thiophene rings is 1. The molecule has 0 bridgehead atoms. The van der Waals surface area contributed by atoms with Crippen molar-refractivity contribution in [3.63, 3.8) is 0 Å². The third-order valence-corrected chi connectivity index (χ3v) is 4.76. The van der Waals surface area contributed by atoms with Crippen LogP contribution in [0.25, 0.3) is 0 Å². The molecule has 0 saturated heterocycles. The summed E-state index contributed by atoms with van der Waals surface area (Å²) >= 11 is 1.58. The van der Waals surface area contributed by atoms with Gasteiger partial charge in [0.2, 0.25) is 5.91 Å². The van der Waals surface area contributed by atoms with Crippen LogP contribution in [-0.4, -0.2) is 17.0 Å². The Bertz CT molecular complexity index is 467. The maximum absolute atomic E-state index is 12.1. The van der Waals surface area contributed by atoms with Gasteiger partial charge in [-0.25, -0.2) is 0 Å². The molecule has 1 saturated carbocycles. The molecule has 0 spiro atoms. The summed E-state index contributed by atoms with van der Waals surface area (Å²) in [5.74, 6) is -2.03. The summed E-state index contributed by atoms with van der Waals surface area (Å²) in [4.78, 5) is 24.2. The highest BCUT2D eigenvalue weighted by Gasteiger charge is 2.65. The van der Waals surface area contributed by atoms with Gasteiger partial charge >= 0.3 is 5.97 Å². The smallest absolute Gasteiger partial charge is 0.307 e. The Balaban J connectivity index is 2.00. The van der Waals surface area contributed by atoms with E-state index in [1.807, 2.05) is 38.3 Å². The van der Waals surface area contributed by atoms with Crippen LogP contribution < -0.4 is 5.32 Å². The van der Waals surface area contributed by atoms with Gasteiger partial charge in [-0.05, 0) is 23.8 Å². The van der Waals surface area contributed by atoms with Crippen LogP contribution in [-0.2, 0) is 9.59 Å². The minimum absolute atomic E-state index is 0.0663. The van der Waals surface area contributed by atoms with Gasteiger partial charge in [-0.1, -0.05) is 19.9 Å². The number of hydrogen-bond acceptors (Lipinski definition) is 3. The predicted molar refractivity (Wildman–Crippen MR) is 69.3 cm³/mol. The molecular formula is C13H17NO3S. The molecule has 18 heavy (non-hydrogen) atoms. The van der Waals surface area contributed by atoms with E-state index in [4.69, 9.17) is 5.11 Å². The number of hydrogen-bond donors (Lipinski definition) is 2. The first-order valence-corrected chi connectivity index (χ1v) is 6.80. The van der Waals surface area contributed by atoms with Crippen molar-refractivity contribution >= 4 is 23.2 Å². The maximum atomic E-state index is 12.1. The van der Waals surface area contributed by atoms with Crippen LogP contribution in [0.15, 0.2) is 17.5 Å². The van der Waals surface area contributed by atoms with Gasteiger partial charge in [0.25, 0.3) is 0 Å². The van der Waals surface area contributed by atoms with Crippen LogP contribution in [0, 0.1) is 17.3 Å². The van der Waals surface area contributed by atoms with Crippen molar-refractivity contribution in [3.05, 3.63) is 22.4 Å². The number of carbonyl (C=O) groups excluding carboxylic acids is 1. The number of carboxylic acids is 1. The monoisotopic (exact) mass is 267 g/mol. The number of rotatable bonds is 4. The molecule has 1 aromatic rings. The van der Waals surface area contributed by atoms with E-state index in [2.05, 4.69) is 5.32 Å². The van der Waals surface area contributed by atoms with E-state index in [0.717, 1.165) is 4.88 Å². The Morgan fingerprint density at radius 1 is 1.44 bits per heavy atom. The lowest BCUT2D eigenvalue weighted by molar-refractivity contribution is -0.140. The Morgan fingerprint density at radius 3 is 2.56 bits per heavy atom. The first-order valence-electron chi connectivity index (χ1n) is 5.92. The third kappa shape index (κ3) is 2.14. The largest absolute Gasteiger partial charge is 0.481 e. The van der Waals surface area contributed by atoms with Crippen LogP contribution in [0.4, 0.5) is 0 Å². The highest BCUT2D eigenvalue weighted by molar-refractivity contribution is 7.10. The molecule has 1 aliphatic rings. The summed E-state index contributed by atoms with van der Waals surface area (Å²) in [6.45, 7) is 5.56. The number of carboxylic acid groups (broad SMARTS) is 1. The van der Waals surface area contributed by atoms with Crippen molar-refractivity contribution in [1.82, 2.24) is 5.32 Å². The quantitative estimate of drug-likeness (QED) is 0.879. The van der Waals surface area contributed by atoms with Crippen LogP contribution in [0.1, 0.15) is 31.7 Å². The zero-order valence-corrected chi connectivity index (χ0v) is 11.5. The highest BCUT2D eigenvalue weighted by atomic mass is 32.1. The normalized spacial score (nSPS) is 26.4. The highest BCUT2D eigenvalue weighted by Crippen LogP contribution is 2.58. The van der Waals surface area contributed by atoms with E-state index in [-0.39, 0.29) is 11.9 Å². The minimum Gasteiger partial charge on any atom is -0.481 e. The second-order valence-electron chi connectivity index (χ2n) is 5.36. The Morgan fingerprint density at radius 2 is 2.11 bits per heavy atom. The minimum atomic E-state index is -0.885. The molecule has 1 heterocycles. The zero-order chi connectivity index (χ0) is 13.5. The summed E-state index contributed by atoms with van der Waals surface area (Å²) in [5.41, 5.74) is -0.439. The van der Waals surface area contributed by atoms with Crippen molar-refractivity contribution in [1.29, 1.82) is 0 Å². The molecule has 1 aromatic heterocycles. The predicted octanol–water partition coefficient (Wildman–Crippen LogP) is 2.28. The van der Waals surface area contributed by atoms with E-state index < -0.39 is 23.2 Å². The van der Waals surface area contributed by atoms with Crippen LogP contribution in [0.2, 0.25) is 0 Å². The Kier molecular flexibility index (Phi) is 3.19. The van der Waals surface area contributed by atoms with Crippen molar-refractivity contribution < 1.29 is 14.7 Å². The lowest BCUT2D eigenvalue weighted by Crippen LogP contribution is -2.29. The lowest BCUT2D eigenvalue weighted by Gasteiger charge is -2.12. The molecule has 2 rings (SSSR count). The average Bonchev–Trinajstić information content (AvgIpc) is 2.67. The first-order chi connectivity index (χ1) is 8.35. The standard InChI is InChI=1S/C13H17NO3S/c1-7(8-5-4-6-18-8)14-11(15)9-10(12(16)17)13(9,2)3/h4-7,9-10H,1-3H3,(H,14,15)(H,16,17)/t7?,9-,10+/m0/s1. The first kappa shape index (κ1) is 13.1. The average molecular weight is 267 g/mol. The molecular weight excluding hydrogens is 250 g/mol. The second-order valence-corrected chi connectivity index (χ2v) is 6.34. The Hall–Kier alpha value is -1.36. The number of aliphatic carboxylic acids is 1. The van der Waals surface area contributed by atoms with Gasteiger partial charge in [0.05, 0.1) is 17.9 Å². The zero-order valence-electron chi connectivity index (χ0n) is 10.6. The molecule has 1 fully saturated rings. The van der Waals surface area contributed by atoms with E-state index in [0.29, 0.717) is 0 Å². The SMILES string of the molecule is CC(NC(=O)[C@@H]1[C@H](C(=O)O)C1(C)C)c1cccs1. The van der Waals surface area contributed by atoms with Crippen molar-refractivity contribution in [3.8, 4) is 0 Å². The van der Waals surface area contributed by atoms with Crippen molar-refractivity contribution in [2.75, 3.05) is 0 Å². The fraction of sp³-hybridized carbons (Fsp3) is 0.538. The van der Waals surface area contributed by atoms with Crippen LogP contribution >= 0.6 is 11.3 Å². The number of carbonyl (C=O) groups is 2. The van der Waals surface area contributed by atoms with E-state index in [1.54, 1.807) is 11.3 Å². The summed E-state index contributed by atoms with van der Waals surface area (Å²) in [6, 6.07) is 3.83. The fourth-order valence-electron chi connectivity index (χ4n) is 2.50. The number of nitrogens with one attached hydrogen (secondary N) is 1. The van der Waals surface area contributed by atoms with Gasteiger partial charge in [-0.3, -0.25) is 9.59 Å². The molecule has 0 radical (unpaired) electrons. The molecule has 1 aliphatic carbocycles. The molecule has 0 aliphatic heterocycles. The Labute approximate surface area is 110 Å². The summed E-state index contributed by atoms with van der Waals surface area (Å²) in [7, 11) is 0. The molecule has 1 unspecified atom stereocenters. The summed E-state index contributed by atoms with van der Waals surface area (Å²) < 4.78 is 0. The summed E-state index contributed by atoms with van der Waals surface area (Å²) in [5, 5.41) is 13.9. The van der Waals surface area contributed by atoms with E-state index >= 15 is 0 Å². The molecule has 3 atom stereocenters. The molecule has 0 aromatic carbocycles. The van der Waals surface area contributed by atoms with E-state index in [9.17, 15) is 9.59 Å². The van der Waals surface area contributed by atoms with Gasteiger partial charge in [0, 0.05) is 4.88 Å². The topological polar surface area (TPSA) is 66.4 Å². The maximum Gasteiger partial charge on any atom is 0.307 e. The molecule has 1 amide bonds. The van der Waals surface area contributed by atoms with Crippen LogP contribution in [0.3, 0.4) is 0 Å². The van der Waals surface area contributed by atoms with Gasteiger partial charge in [0.15, 0.2) is 0 Å². The van der Waals surface area contributed by atoms with Gasteiger partial charge in [0.1, 0.15) is 0 Å². The summed E-state index contributed by atoms with van der Waals surface area (Å²) in [6.07, 6.45) is 0. The van der Waals surface area contributed by atoms with E-state index in [1.165, 1.54) is 0 Å². The van der Waals surface area contributed by atoms with Crippen molar-refractivity contribution in [2.24, 2.45) is 17.3 Å². The lowest BCUT2D eigenvalue weighted by atomic mass is 10.1. The van der Waals surface area contributed by atoms with Gasteiger partial charge < -0.3 is 10.4 Å². The molecule has 2 N–H and O–H groups in total. The molecule has 5 heteroatoms. The van der Waals surface area contributed by atoms with Crippen molar-refractivity contribution in [2.45, 2.75) is 26.8 Å². The third-order valence-electron chi connectivity index (χ3n) is 3.70. The van der Waals surface area contributed by atoms with Gasteiger partial charge in [-0.2, -0.15) is 0 Å².